The zero-order valence-corrected chi connectivity index (χ0v) is 16.2. The van der Waals surface area contributed by atoms with Crippen LogP contribution in [0.1, 0.15) is 54.4 Å². The Bertz CT molecular complexity index is 664. The van der Waals surface area contributed by atoms with Crippen LogP contribution in [0.3, 0.4) is 0 Å². The topological polar surface area (TPSA) is 37.4 Å². The van der Waals surface area contributed by atoms with Gasteiger partial charge in [0, 0.05) is 42.0 Å². The second-order valence-electron chi connectivity index (χ2n) is 9.00. The maximum Gasteiger partial charge on any atom is 0.253 e. The molecule has 0 heterocycles. The molecule has 4 saturated carbocycles. The maximum absolute atomic E-state index is 13.0. The predicted molar refractivity (Wildman–Crippen MR) is 102 cm³/mol. The molecule has 4 heteroatoms. The van der Waals surface area contributed by atoms with Crippen molar-refractivity contribution in [2.75, 3.05) is 19.8 Å². The predicted octanol–water partition coefficient (Wildman–Crippen LogP) is 3.85. The Morgan fingerprint density at radius 2 is 1.76 bits per heavy atom. The molecular weight excluding hydrogens is 330 g/mol. The summed E-state index contributed by atoms with van der Waals surface area (Å²) in [7, 11) is 1.08. The third kappa shape index (κ3) is 3.55. The fraction of sp³-hybridized carbons (Fsp3) is 0.667. The van der Waals surface area contributed by atoms with E-state index in [-0.39, 0.29) is 5.91 Å². The molecule has 4 fully saturated rings. The van der Waals surface area contributed by atoms with Crippen molar-refractivity contribution >= 4 is 16.7 Å². The first-order valence-electron chi connectivity index (χ1n) is 9.57. The molecule has 1 aromatic carbocycles. The molecule has 5 rings (SSSR count). The van der Waals surface area contributed by atoms with Crippen LogP contribution in [-0.2, 0) is 16.6 Å². The van der Waals surface area contributed by atoms with Crippen molar-refractivity contribution in [1.29, 1.82) is 0 Å². The Labute approximate surface area is 153 Å². The average molecular weight is 360 g/mol. The van der Waals surface area contributed by atoms with Crippen molar-refractivity contribution < 1.29 is 9.00 Å². The van der Waals surface area contributed by atoms with Crippen LogP contribution in [0.25, 0.3) is 0 Å². The first kappa shape index (κ1) is 17.3. The minimum absolute atomic E-state index is 0.111. The van der Waals surface area contributed by atoms with Crippen molar-refractivity contribution in [3.05, 3.63) is 35.4 Å². The summed E-state index contributed by atoms with van der Waals surface area (Å²) in [5.41, 5.74) is 2.09. The van der Waals surface area contributed by atoms with E-state index in [1.165, 1.54) is 38.5 Å². The number of amides is 1. The van der Waals surface area contributed by atoms with Crippen LogP contribution in [0, 0.1) is 23.2 Å². The van der Waals surface area contributed by atoms with Crippen LogP contribution in [0.15, 0.2) is 24.3 Å². The molecular formula is C21H29NO2S. The summed E-state index contributed by atoms with van der Waals surface area (Å²) in [4.78, 5) is 14.9. The molecule has 136 valence electrons. The zero-order chi connectivity index (χ0) is 17.6. The van der Waals surface area contributed by atoms with Crippen molar-refractivity contribution in [2.24, 2.45) is 23.2 Å². The highest BCUT2D eigenvalue weighted by Crippen LogP contribution is 2.60. The lowest BCUT2D eigenvalue weighted by Gasteiger charge is -2.57. The number of carbonyl (C=O) groups is 1. The minimum Gasteiger partial charge on any atom is -0.341 e. The molecule has 1 aromatic rings. The third-order valence-corrected chi connectivity index (χ3v) is 7.37. The molecule has 0 radical (unpaired) electrons. The van der Waals surface area contributed by atoms with Gasteiger partial charge < -0.3 is 4.90 Å². The minimum atomic E-state index is -0.883. The van der Waals surface area contributed by atoms with Gasteiger partial charge in [0.05, 0.1) is 0 Å². The summed E-state index contributed by atoms with van der Waals surface area (Å²) in [5.74, 6) is 3.37. The maximum atomic E-state index is 13.0. The van der Waals surface area contributed by atoms with Crippen LogP contribution in [0.5, 0.6) is 0 Å². The highest BCUT2D eigenvalue weighted by molar-refractivity contribution is 7.83. The first-order valence-corrected chi connectivity index (χ1v) is 11.3. The van der Waals surface area contributed by atoms with Crippen molar-refractivity contribution in [2.45, 2.75) is 44.3 Å². The average Bonchev–Trinajstić information content (AvgIpc) is 2.52. The number of nitrogens with zero attached hydrogens (tertiary/aromatic N) is 1. The van der Waals surface area contributed by atoms with Gasteiger partial charge in [0.1, 0.15) is 0 Å². The number of rotatable bonds is 5. The molecule has 4 aliphatic carbocycles. The molecule has 1 atom stereocenters. The van der Waals surface area contributed by atoms with E-state index < -0.39 is 10.8 Å². The van der Waals surface area contributed by atoms with E-state index in [0.717, 1.165) is 35.4 Å². The highest BCUT2D eigenvalue weighted by Gasteiger charge is 2.51. The molecule has 0 unspecified atom stereocenters. The monoisotopic (exact) mass is 359 g/mol. The molecule has 0 aromatic heterocycles. The fourth-order valence-corrected chi connectivity index (χ4v) is 6.96. The van der Waals surface area contributed by atoms with Gasteiger partial charge in [-0.3, -0.25) is 9.00 Å². The molecule has 3 nitrogen and oxygen atoms in total. The number of benzene rings is 1. The van der Waals surface area contributed by atoms with E-state index in [1.54, 1.807) is 6.26 Å². The van der Waals surface area contributed by atoms with E-state index >= 15 is 0 Å². The van der Waals surface area contributed by atoms with Crippen LogP contribution >= 0.6 is 0 Å². The second kappa shape index (κ2) is 6.53. The van der Waals surface area contributed by atoms with E-state index in [2.05, 4.69) is 0 Å². The van der Waals surface area contributed by atoms with Crippen molar-refractivity contribution in [1.82, 2.24) is 4.90 Å². The van der Waals surface area contributed by atoms with Crippen LogP contribution < -0.4 is 0 Å². The normalized spacial score (nSPS) is 34.1. The molecule has 4 aliphatic rings. The smallest absolute Gasteiger partial charge is 0.253 e. The number of carbonyl (C=O) groups excluding carboxylic acids is 1. The molecule has 4 bridgehead atoms. The van der Waals surface area contributed by atoms with Gasteiger partial charge in [0.25, 0.3) is 5.91 Å². The number of hydrogen-bond acceptors (Lipinski definition) is 2. The van der Waals surface area contributed by atoms with E-state index in [1.807, 2.05) is 36.2 Å². The zero-order valence-electron chi connectivity index (χ0n) is 15.4. The Morgan fingerprint density at radius 1 is 1.16 bits per heavy atom. The van der Waals surface area contributed by atoms with Crippen LogP contribution in [0.2, 0.25) is 0 Å². The summed E-state index contributed by atoms with van der Waals surface area (Å²) < 4.78 is 11.5. The lowest BCUT2D eigenvalue weighted by atomic mass is 9.49. The standard InChI is InChI=1S/C21H29NO2S/c1-22(20(23)19-5-3-4-15(9-19)13-25(2)24)14-21-10-16-6-17(11-21)8-18(7-16)12-21/h3-5,9,16-18H,6-8,10-14H2,1-2H3/t16?,17?,18?,21?,25-/m0/s1. The Kier molecular flexibility index (Phi) is 4.51. The lowest BCUT2D eigenvalue weighted by Crippen LogP contribution is -2.51. The van der Waals surface area contributed by atoms with E-state index in [0.29, 0.717) is 11.2 Å². The SMILES string of the molecule is CN(CC12CC3CC(CC(C3)C1)C2)C(=O)c1cccc(C[S@](C)=O)c1. The number of hydrogen-bond donors (Lipinski definition) is 0. The summed E-state index contributed by atoms with van der Waals surface area (Å²) in [6.07, 6.45) is 9.99. The molecule has 0 spiro atoms. The van der Waals surface area contributed by atoms with Crippen LogP contribution in [-0.4, -0.2) is 34.9 Å². The Hall–Kier alpha value is -1.16. The van der Waals surface area contributed by atoms with Crippen LogP contribution in [0.4, 0.5) is 0 Å². The van der Waals surface area contributed by atoms with Gasteiger partial charge in [-0.05, 0) is 79.4 Å². The highest BCUT2D eigenvalue weighted by atomic mass is 32.2. The third-order valence-electron chi connectivity index (χ3n) is 6.63. The summed E-state index contributed by atoms with van der Waals surface area (Å²) in [6, 6.07) is 7.67. The molecule has 25 heavy (non-hydrogen) atoms. The summed E-state index contributed by atoms with van der Waals surface area (Å²) >= 11 is 0. The lowest BCUT2D eigenvalue weighted by molar-refractivity contribution is -0.0629. The first-order chi connectivity index (χ1) is 11.9. The Balaban J connectivity index is 1.47. The Morgan fingerprint density at radius 3 is 2.32 bits per heavy atom. The van der Waals surface area contributed by atoms with Gasteiger partial charge in [-0.25, -0.2) is 0 Å². The van der Waals surface area contributed by atoms with Crippen molar-refractivity contribution in [3.63, 3.8) is 0 Å². The quantitative estimate of drug-likeness (QED) is 0.801. The second-order valence-corrected chi connectivity index (χ2v) is 10.4. The van der Waals surface area contributed by atoms with Gasteiger partial charge in [0.15, 0.2) is 0 Å². The summed E-state index contributed by atoms with van der Waals surface area (Å²) in [5, 5.41) is 0. The molecule has 0 aliphatic heterocycles. The largest absolute Gasteiger partial charge is 0.341 e. The van der Waals surface area contributed by atoms with E-state index in [9.17, 15) is 9.00 Å². The summed E-state index contributed by atoms with van der Waals surface area (Å²) in [6.45, 7) is 0.902. The molecule has 0 N–H and O–H groups in total. The van der Waals surface area contributed by atoms with Gasteiger partial charge in [-0.1, -0.05) is 12.1 Å². The van der Waals surface area contributed by atoms with Crippen molar-refractivity contribution in [3.8, 4) is 0 Å². The van der Waals surface area contributed by atoms with E-state index in [4.69, 9.17) is 0 Å². The van der Waals surface area contributed by atoms with Gasteiger partial charge in [-0.15, -0.1) is 0 Å². The van der Waals surface area contributed by atoms with Gasteiger partial charge in [0.2, 0.25) is 0 Å². The van der Waals surface area contributed by atoms with Gasteiger partial charge in [-0.2, -0.15) is 0 Å². The fourth-order valence-electron chi connectivity index (χ4n) is 6.31. The molecule has 1 amide bonds. The molecule has 0 saturated heterocycles. The van der Waals surface area contributed by atoms with Gasteiger partial charge >= 0.3 is 0 Å².